The summed E-state index contributed by atoms with van der Waals surface area (Å²) in [7, 11) is 0. The van der Waals surface area contributed by atoms with Crippen molar-refractivity contribution >= 4 is 0 Å². The van der Waals surface area contributed by atoms with E-state index in [1.165, 1.54) is 19.3 Å². The molecule has 0 aromatic carbocycles. The van der Waals surface area contributed by atoms with Crippen LogP contribution in [0.2, 0.25) is 0 Å². The van der Waals surface area contributed by atoms with E-state index in [1.807, 2.05) is 0 Å². The normalized spacial score (nSPS) is 50.2. The van der Waals surface area contributed by atoms with E-state index in [0.717, 1.165) is 39.1 Å². The van der Waals surface area contributed by atoms with Gasteiger partial charge in [-0.25, -0.2) is 5.01 Å². The minimum absolute atomic E-state index is 0.303. The van der Waals surface area contributed by atoms with Gasteiger partial charge in [0.15, 0.2) is 0 Å². The Kier molecular flexibility index (Phi) is 5.41. The molecule has 3 N–H and O–H groups in total. The topological polar surface area (TPSA) is 57.8 Å². The van der Waals surface area contributed by atoms with Gasteiger partial charge >= 0.3 is 0 Å². The highest BCUT2D eigenvalue weighted by molar-refractivity contribution is 5.00. The summed E-state index contributed by atoms with van der Waals surface area (Å²) in [6.45, 7) is 8.38. The van der Waals surface area contributed by atoms with Crippen molar-refractivity contribution in [3.8, 4) is 0 Å². The molecule has 6 heteroatoms. The van der Waals surface area contributed by atoms with Crippen LogP contribution >= 0.6 is 0 Å². The highest BCUT2D eigenvalue weighted by Gasteiger charge is 2.45. The monoisotopic (exact) mass is 338 g/mol. The molecule has 0 spiro atoms. The van der Waals surface area contributed by atoms with Crippen LogP contribution in [0.5, 0.6) is 0 Å². The Balaban J connectivity index is 1.47. The van der Waals surface area contributed by atoms with E-state index < -0.39 is 0 Å². The number of hydrogen-bond acceptors (Lipinski definition) is 6. The zero-order valence-corrected chi connectivity index (χ0v) is 15.2. The summed E-state index contributed by atoms with van der Waals surface area (Å²) in [5, 5.41) is 2.43. The third kappa shape index (κ3) is 3.64. The van der Waals surface area contributed by atoms with Crippen molar-refractivity contribution in [2.75, 3.05) is 26.3 Å². The maximum atomic E-state index is 6.36. The standard InChI is InChI=1S/C18H34N4O2/c1-12-5-7-23-8-6-13(2)24-15-3-4-17-16(9-15)18(21-20-17)14-10-19-22(12)11-14/h12-21H,3-11H2,1-2H3/t12-,13-,14?,15?,16?,17?,18?/m0/s1. The van der Waals surface area contributed by atoms with Crippen molar-refractivity contribution < 1.29 is 9.47 Å². The van der Waals surface area contributed by atoms with Crippen LogP contribution in [-0.2, 0) is 9.47 Å². The molecule has 0 aromatic rings. The lowest BCUT2D eigenvalue weighted by molar-refractivity contribution is -0.0486. The summed E-state index contributed by atoms with van der Waals surface area (Å²) in [4.78, 5) is 0. The zero-order valence-electron chi connectivity index (χ0n) is 15.2. The summed E-state index contributed by atoms with van der Waals surface area (Å²) in [5.41, 5.74) is 10.8. The largest absolute Gasteiger partial charge is 0.381 e. The molecule has 8 atom stereocenters. The fourth-order valence-corrected chi connectivity index (χ4v) is 4.99. The number of fused-ring (bicyclic) bond motifs is 4. The maximum Gasteiger partial charge on any atom is 0.0583 e. The summed E-state index contributed by atoms with van der Waals surface area (Å²) in [5.74, 6) is 1.36. The van der Waals surface area contributed by atoms with Gasteiger partial charge in [-0.1, -0.05) is 0 Å². The number of rotatable bonds is 0. The number of hydrazine groups is 2. The Morgan fingerprint density at radius 2 is 1.88 bits per heavy atom. The average molecular weight is 338 g/mol. The second-order valence-electron chi connectivity index (χ2n) is 8.28. The molecular weight excluding hydrogens is 304 g/mol. The number of nitrogens with one attached hydrogen (secondary N) is 3. The maximum absolute atomic E-state index is 6.36. The third-order valence-corrected chi connectivity index (χ3v) is 6.55. The van der Waals surface area contributed by atoms with Gasteiger partial charge in [0.05, 0.1) is 12.2 Å². The highest BCUT2D eigenvalue weighted by atomic mass is 16.5. The van der Waals surface area contributed by atoms with Crippen molar-refractivity contribution in [3.05, 3.63) is 0 Å². The molecule has 138 valence electrons. The highest BCUT2D eigenvalue weighted by Crippen LogP contribution is 2.36. The van der Waals surface area contributed by atoms with Crippen LogP contribution in [0, 0.1) is 11.8 Å². The van der Waals surface area contributed by atoms with Crippen molar-refractivity contribution in [3.63, 3.8) is 0 Å². The molecular formula is C18H34N4O2. The third-order valence-electron chi connectivity index (χ3n) is 6.55. The molecule has 0 aromatic heterocycles. The molecule has 3 saturated heterocycles. The predicted octanol–water partition coefficient (Wildman–Crippen LogP) is 1.04. The Bertz CT molecular complexity index is 424. The van der Waals surface area contributed by atoms with Gasteiger partial charge in [-0.05, 0) is 51.9 Å². The SMILES string of the molecule is C[C@H]1CCOCC[C@H](C)N2CC(CN2)C2NNC3CCC(CC32)O1. The second-order valence-corrected chi connectivity index (χ2v) is 8.28. The van der Waals surface area contributed by atoms with Gasteiger partial charge < -0.3 is 9.47 Å². The quantitative estimate of drug-likeness (QED) is 0.614. The molecule has 1 saturated carbocycles. The van der Waals surface area contributed by atoms with Crippen LogP contribution in [0.15, 0.2) is 0 Å². The van der Waals surface area contributed by atoms with Crippen molar-refractivity contribution in [2.24, 2.45) is 11.8 Å². The molecule has 3 heterocycles. The van der Waals surface area contributed by atoms with Gasteiger partial charge in [0.1, 0.15) is 0 Å². The molecule has 4 bridgehead atoms. The van der Waals surface area contributed by atoms with E-state index in [2.05, 4.69) is 35.1 Å². The van der Waals surface area contributed by atoms with E-state index in [1.54, 1.807) is 0 Å². The molecule has 0 radical (unpaired) electrons. The molecule has 4 aliphatic rings. The van der Waals surface area contributed by atoms with Crippen LogP contribution in [0.25, 0.3) is 0 Å². The average Bonchev–Trinajstić information content (AvgIpc) is 3.19. The van der Waals surface area contributed by atoms with Crippen LogP contribution in [0.3, 0.4) is 0 Å². The molecule has 6 unspecified atom stereocenters. The summed E-state index contributed by atoms with van der Waals surface area (Å²) >= 11 is 0. The van der Waals surface area contributed by atoms with E-state index >= 15 is 0 Å². The van der Waals surface area contributed by atoms with Gasteiger partial charge in [0, 0.05) is 50.3 Å². The lowest BCUT2D eigenvalue weighted by Crippen LogP contribution is -2.43. The molecule has 4 fully saturated rings. The number of hydrogen-bond donors (Lipinski definition) is 3. The van der Waals surface area contributed by atoms with Gasteiger partial charge in [0.2, 0.25) is 0 Å². The van der Waals surface area contributed by atoms with Gasteiger partial charge in [-0.15, -0.1) is 0 Å². The minimum Gasteiger partial charge on any atom is -0.381 e. The van der Waals surface area contributed by atoms with Crippen molar-refractivity contribution in [1.29, 1.82) is 0 Å². The van der Waals surface area contributed by atoms with Crippen molar-refractivity contribution in [1.82, 2.24) is 21.3 Å². The second kappa shape index (κ2) is 7.56. The first-order valence-corrected chi connectivity index (χ1v) is 9.95. The van der Waals surface area contributed by atoms with Crippen molar-refractivity contribution in [2.45, 2.75) is 76.3 Å². The number of nitrogens with zero attached hydrogens (tertiary/aromatic N) is 1. The molecule has 4 rings (SSSR count). The van der Waals surface area contributed by atoms with E-state index in [0.29, 0.717) is 42.2 Å². The summed E-state index contributed by atoms with van der Waals surface area (Å²) < 4.78 is 12.2. The summed E-state index contributed by atoms with van der Waals surface area (Å²) in [6.07, 6.45) is 6.40. The zero-order chi connectivity index (χ0) is 16.5. The fourth-order valence-electron chi connectivity index (χ4n) is 4.99. The van der Waals surface area contributed by atoms with E-state index in [9.17, 15) is 0 Å². The smallest absolute Gasteiger partial charge is 0.0583 e. The predicted molar refractivity (Wildman–Crippen MR) is 93.2 cm³/mol. The number of ether oxygens (including phenoxy) is 2. The molecule has 1 aliphatic carbocycles. The van der Waals surface area contributed by atoms with Gasteiger partial charge in [-0.2, -0.15) is 0 Å². The molecule has 24 heavy (non-hydrogen) atoms. The van der Waals surface area contributed by atoms with E-state index in [4.69, 9.17) is 9.47 Å². The lowest BCUT2D eigenvalue weighted by Gasteiger charge is -2.35. The molecule has 3 aliphatic heterocycles. The van der Waals surface area contributed by atoms with Crippen LogP contribution in [-0.4, -0.2) is 61.6 Å². The van der Waals surface area contributed by atoms with Crippen LogP contribution in [0.4, 0.5) is 0 Å². The lowest BCUT2D eigenvalue weighted by atomic mass is 9.76. The molecule has 0 amide bonds. The first-order valence-electron chi connectivity index (χ1n) is 9.95. The Morgan fingerprint density at radius 3 is 2.79 bits per heavy atom. The van der Waals surface area contributed by atoms with Crippen LogP contribution in [0.1, 0.15) is 46.0 Å². The molecule has 6 nitrogen and oxygen atoms in total. The summed E-state index contributed by atoms with van der Waals surface area (Å²) in [6, 6.07) is 1.71. The minimum atomic E-state index is 0.303. The van der Waals surface area contributed by atoms with Gasteiger partial charge in [-0.3, -0.25) is 16.3 Å². The van der Waals surface area contributed by atoms with Crippen LogP contribution < -0.4 is 16.3 Å². The first-order chi connectivity index (χ1) is 11.7. The Hall–Kier alpha value is -0.240. The fraction of sp³-hybridized carbons (Fsp3) is 1.00. The first kappa shape index (κ1) is 17.2. The van der Waals surface area contributed by atoms with E-state index in [-0.39, 0.29) is 0 Å². The Labute approximate surface area is 145 Å². The Morgan fingerprint density at radius 1 is 1.00 bits per heavy atom. The van der Waals surface area contributed by atoms with Gasteiger partial charge in [0.25, 0.3) is 0 Å².